The number of rotatable bonds is 3. The molecule has 2 aromatic carbocycles. The van der Waals surface area contributed by atoms with Gasteiger partial charge in [0.15, 0.2) is 0 Å². The van der Waals surface area contributed by atoms with Crippen molar-refractivity contribution in [3.8, 4) is 0 Å². The number of halogens is 1. The van der Waals surface area contributed by atoms with Gasteiger partial charge in [-0.05, 0) is 41.8 Å². The van der Waals surface area contributed by atoms with Crippen molar-refractivity contribution >= 4 is 15.7 Å². The molecule has 1 N–H and O–H groups in total. The van der Waals surface area contributed by atoms with Crippen molar-refractivity contribution in [3.63, 3.8) is 0 Å². The first kappa shape index (κ1) is 17.5. The van der Waals surface area contributed by atoms with Gasteiger partial charge in [-0.1, -0.05) is 18.2 Å². The van der Waals surface area contributed by atoms with Gasteiger partial charge in [-0.25, -0.2) is 12.8 Å². The maximum atomic E-state index is 13.5. The molecule has 138 valence electrons. The highest BCUT2D eigenvalue weighted by molar-refractivity contribution is 7.89. The Labute approximate surface area is 153 Å². The van der Waals surface area contributed by atoms with Gasteiger partial charge >= 0.3 is 0 Å². The van der Waals surface area contributed by atoms with Crippen molar-refractivity contribution in [1.82, 2.24) is 9.62 Å². The van der Waals surface area contributed by atoms with Crippen molar-refractivity contribution in [3.05, 3.63) is 59.4 Å². The molecule has 0 amide bonds. The molecule has 5 nitrogen and oxygen atoms in total. The van der Waals surface area contributed by atoms with E-state index >= 15 is 0 Å². The zero-order valence-corrected chi connectivity index (χ0v) is 15.3. The molecule has 0 radical (unpaired) electrons. The van der Waals surface area contributed by atoms with E-state index in [2.05, 4.69) is 16.3 Å². The Balaban J connectivity index is 1.62. The van der Waals surface area contributed by atoms with Crippen LogP contribution in [0.15, 0.2) is 47.4 Å². The standard InChI is InChI=1S/C19H22FN3O2S/c20-16-4-2-5-17(13-16)26(24,25)23-10-7-18-15(14-23)3-1-6-19(18)22-11-8-21-9-12-22/h1-6,13,21H,7-12,14H2. The summed E-state index contributed by atoms with van der Waals surface area (Å²) in [7, 11) is -3.70. The second kappa shape index (κ2) is 6.98. The van der Waals surface area contributed by atoms with Crippen LogP contribution in [0, 0.1) is 5.82 Å². The van der Waals surface area contributed by atoms with Gasteiger partial charge in [-0.15, -0.1) is 0 Å². The molecule has 0 aromatic heterocycles. The van der Waals surface area contributed by atoms with E-state index in [9.17, 15) is 12.8 Å². The second-order valence-electron chi connectivity index (χ2n) is 6.70. The van der Waals surface area contributed by atoms with E-state index in [0.29, 0.717) is 19.5 Å². The molecule has 4 rings (SSSR count). The topological polar surface area (TPSA) is 52.7 Å². The van der Waals surface area contributed by atoms with Crippen LogP contribution in [0.25, 0.3) is 0 Å². The fourth-order valence-corrected chi connectivity index (χ4v) is 5.20. The Bertz CT molecular complexity index is 911. The molecule has 0 unspecified atom stereocenters. The summed E-state index contributed by atoms with van der Waals surface area (Å²) in [4.78, 5) is 2.38. The highest BCUT2D eigenvalue weighted by Crippen LogP contribution is 2.31. The number of hydrogen-bond donors (Lipinski definition) is 1. The SMILES string of the molecule is O=S(=O)(c1cccc(F)c1)N1CCc2c(cccc2N2CCNCC2)C1. The van der Waals surface area contributed by atoms with Crippen molar-refractivity contribution < 1.29 is 12.8 Å². The van der Waals surface area contributed by atoms with Gasteiger partial charge < -0.3 is 10.2 Å². The van der Waals surface area contributed by atoms with Gasteiger partial charge in [0, 0.05) is 45.0 Å². The summed E-state index contributed by atoms with van der Waals surface area (Å²) in [5.74, 6) is -0.538. The maximum Gasteiger partial charge on any atom is 0.243 e. The van der Waals surface area contributed by atoms with Gasteiger partial charge in [0.2, 0.25) is 10.0 Å². The van der Waals surface area contributed by atoms with Gasteiger partial charge in [0.25, 0.3) is 0 Å². The minimum atomic E-state index is -3.70. The van der Waals surface area contributed by atoms with E-state index in [1.54, 1.807) is 0 Å². The van der Waals surface area contributed by atoms with Crippen molar-refractivity contribution in [2.75, 3.05) is 37.6 Å². The van der Waals surface area contributed by atoms with Crippen LogP contribution in [-0.2, 0) is 23.0 Å². The van der Waals surface area contributed by atoms with Crippen molar-refractivity contribution in [2.45, 2.75) is 17.9 Å². The summed E-state index contributed by atoms with van der Waals surface area (Å²) in [6.07, 6.45) is 0.671. The molecule has 2 heterocycles. The minimum absolute atomic E-state index is 0.0132. The summed E-state index contributed by atoms with van der Waals surface area (Å²) in [6.45, 7) is 4.58. The van der Waals surface area contributed by atoms with E-state index in [4.69, 9.17) is 0 Å². The summed E-state index contributed by atoms with van der Waals surface area (Å²) < 4.78 is 40.7. The molecule has 26 heavy (non-hydrogen) atoms. The number of piperazine rings is 1. The number of anilines is 1. The smallest absolute Gasteiger partial charge is 0.243 e. The lowest BCUT2D eigenvalue weighted by Gasteiger charge is -2.35. The van der Waals surface area contributed by atoms with E-state index in [1.165, 1.54) is 33.8 Å². The number of fused-ring (bicyclic) bond motifs is 1. The largest absolute Gasteiger partial charge is 0.369 e. The number of benzene rings is 2. The summed E-state index contributed by atoms with van der Waals surface area (Å²) >= 11 is 0. The number of hydrogen-bond acceptors (Lipinski definition) is 4. The van der Waals surface area contributed by atoms with Crippen LogP contribution in [0.2, 0.25) is 0 Å². The highest BCUT2D eigenvalue weighted by Gasteiger charge is 2.30. The predicted octanol–water partition coefficient (Wildman–Crippen LogP) is 1.98. The van der Waals surface area contributed by atoms with Crippen molar-refractivity contribution in [1.29, 1.82) is 0 Å². The monoisotopic (exact) mass is 375 g/mol. The van der Waals surface area contributed by atoms with Crippen LogP contribution in [0.3, 0.4) is 0 Å². The Kier molecular flexibility index (Phi) is 4.69. The quantitative estimate of drug-likeness (QED) is 0.891. The first-order chi connectivity index (χ1) is 12.6. The Hall–Kier alpha value is -1.96. The number of nitrogens with zero attached hydrogens (tertiary/aromatic N) is 2. The second-order valence-corrected chi connectivity index (χ2v) is 8.64. The van der Waals surface area contributed by atoms with E-state index < -0.39 is 15.8 Å². The van der Waals surface area contributed by atoms with Crippen LogP contribution in [-0.4, -0.2) is 45.4 Å². The van der Waals surface area contributed by atoms with Crippen LogP contribution in [0.4, 0.5) is 10.1 Å². The molecular weight excluding hydrogens is 353 g/mol. The van der Waals surface area contributed by atoms with Crippen LogP contribution in [0.1, 0.15) is 11.1 Å². The lowest BCUT2D eigenvalue weighted by Crippen LogP contribution is -2.44. The molecular formula is C19H22FN3O2S. The Morgan fingerprint density at radius 2 is 1.77 bits per heavy atom. The first-order valence-corrected chi connectivity index (χ1v) is 10.3. The zero-order valence-electron chi connectivity index (χ0n) is 14.5. The van der Waals surface area contributed by atoms with Gasteiger partial charge in [0.05, 0.1) is 4.90 Å². The van der Waals surface area contributed by atoms with E-state index in [0.717, 1.165) is 37.8 Å². The van der Waals surface area contributed by atoms with E-state index in [1.807, 2.05) is 12.1 Å². The summed E-state index contributed by atoms with van der Waals surface area (Å²) in [5, 5.41) is 3.35. The number of sulfonamides is 1. The molecule has 2 aliphatic heterocycles. The molecule has 0 bridgehead atoms. The molecule has 7 heteroatoms. The van der Waals surface area contributed by atoms with Gasteiger partial charge in [-0.3, -0.25) is 0 Å². The Morgan fingerprint density at radius 3 is 2.54 bits per heavy atom. The fourth-order valence-electron chi connectivity index (χ4n) is 3.75. The third-order valence-corrected chi connectivity index (χ3v) is 6.94. The molecule has 0 atom stereocenters. The van der Waals surface area contributed by atoms with Crippen LogP contribution in [0.5, 0.6) is 0 Å². The third-order valence-electron chi connectivity index (χ3n) is 5.10. The fraction of sp³-hybridized carbons (Fsp3) is 0.368. The minimum Gasteiger partial charge on any atom is -0.369 e. The molecule has 0 aliphatic carbocycles. The zero-order chi connectivity index (χ0) is 18.1. The molecule has 0 saturated carbocycles. The summed E-state index contributed by atoms with van der Waals surface area (Å²) in [6, 6.07) is 11.3. The van der Waals surface area contributed by atoms with Gasteiger partial charge in [0.1, 0.15) is 5.82 Å². The molecule has 1 saturated heterocycles. The lowest BCUT2D eigenvalue weighted by atomic mass is 9.98. The average molecular weight is 375 g/mol. The van der Waals surface area contributed by atoms with Crippen LogP contribution < -0.4 is 10.2 Å². The normalized spacial score (nSPS) is 18.6. The lowest BCUT2D eigenvalue weighted by molar-refractivity contribution is 0.391. The van der Waals surface area contributed by atoms with E-state index in [-0.39, 0.29) is 4.90 Å². The molecule has 0 spiro atoms. The highest BCUT2D eigenvalue weighted by atomic mass is 32.2. The molecule has 1 fully saturated rings. The average Bonchev–Trinajstić information content (AvgIpc) is 2.67. The first-order valence-electron chi connectivity index (χ1n) is 8.88. The molecule has 2 aromatic rings. The summed E-state index contributed by atoms with van der Waals surface area (Å²) in [5.41, 5.74) is 3.49. The predicted molar refractivity (Wildman–Crippen MR) is 99.2 cm³/mol. The maximum absolute atomic E-state index is 13.5. The number of nitrogens with one attached hydrogen (secondary N) is 1. The van der Waals surface area contributed by atoms with Crippen molar-refractivity contribution in [2.24, 2.45) is 0 Å². The Morgan fingerprint density at radius 1 is 1.00 bits per heavy atom. The van der Waals surface area contributed by atoms with Crippen LogP contribution >= 0.6 is 0 Å². The van der Waals surface area contributed by atoms with Gasteiger partial charge in [-0.2, -0.15) is 4.31 Å². The third kappa shape index (κ3) is 3.22. The molecule has 2 aliphatic rings.